The average molecular weight is 249 g/mol. The van der Waals surface area contributed by atoms with Gasteiger partial charge in [-0.25, -0.2) is 8.78 Å². The van der Waals surface area contributed by atoms with Crippen LogP contribution in [0.2, 0.25) is 0 Å². The Bertz CT molecular complexity index is 202. The lowest BCUT2D eigenvalue weighted by molar-refractivity contribution is 0.0927. The van der Waals surface area contributed by atoms with Crippen molar-refractivity contribution in [3.05, 3.63) is 0 Å². The van der Waals surface area contributed by atoms with Gasteiger partial charge in [0.25, 0.3) is 0 Å². The molecule has 17 heavy (non-hydrogen) atoms. The monoisotopic (exact) mass is 249 g/mol. The number of hydrogen-bond donors (Lipinski definition) is 0. The van der Waals surface area contributed by atoms with E-state index in [0.29, 0.717) is 5.41 Å². The molecule has 0 unspecified atom stereocenters. The van der Waals surface area contributed by atoms with Crippen molar-refractivity contribution in [1.82, 2.24) is 4.90 Å². The van der Waals surface area contributed by atoms with E-state index in [1.807, 2.05) is 7.11 Å². The Hall–Kier alpha value is -0.220. The molecule has 1 aliphatic heterocycles. The van der Waals surface area contributed by atoms with Gasteiger partial charge in [0, 0.05) is 19.1 Å². The van der Waals surface area contributed by atoms with Gasteiger partial charge in [-0.2, -0.15) is 0 Å². The molecule has 4 heteroatoms. The van der Waals surface area contributed by atoms with Gasteiger partial charge in [-0.3, -0.25) is 0 Å². The van der Waals surface area contributed by atoms with Gasteiger partial charge in [-0.05, 0) is 44.7 Å². The lowest BCUT2D eigenvalue weighted by Gasteiger charge is -2.33. The molecule has 0 spiro atoms. The molecule has 0 aromatic carbocycles. The van der Waals surface area contributed by atoms with E-state index < -0.39 is 6.93 Å². The molecule has 0 bridgehead atoms. The fourth-order valence-electron chi connectivity index (χ4n) is 2.53. The third kappa shape index (κ3) is 5.30. The minimum Gasteiger partial charge on any atom is -0.384 e. The molecular formula is C13H25F2NO. The standard InChI is InChI=1S/C12H23NO.CH2F2/c1-11-3-7-13(8-4-11)9-12(5-6-12)10-14-2;2-1-3/h11H,3-10H2,1-2H3;1H2. The van der Waals surface area contributed by atoms with E-state index in [1.165, 1.54) is 45.3 Å². The van der Waals surface area contributed by atoms with Gasteiger partial charge >= 0.3 is 0 Å². The molecule has 0 atom stereocenters. The number of hydrogen-bond acceptors (Lipinski definition) is 2. The van der Waals surface area contributed by atoms with Crippen LogP contribution in [0.4, 0.5) is 8.78 Å². The van der Waals surface area contributed by atoms with Crippen LogP contribution in [0.25, 0.3) is 0 Å². The van der Waals surface area contributed by atoms with Crippen LogP contribution in [-0.4, -0.2) is 45.2 Å². The summed E-state index contributed by atoms with van der Waals surface area (Å²) in [6, 6.07) is 0. The molecule has 1 saturated heterocycles. The summed E-state index contributed by atoms with van der Waals surface area (Å²) in [6.45, 7) is 5.51. The van der Waals surface area contributed by atoms with E-state index in [2.05, 4.69) is 11.8 Å². The van der Waals surface area contributed by atoms with Crippen LogP contribution in [-0.2, 0) is 4.74 Å². The van der Waals surface area contributed by atoms with Crippen LogP contribution < -0.4 is 0 Å². The van der Waals surface area contributed by atoms with Crippen molar-refractivity contribution in [3.8, 4) is 0 Å². The molecule has 0 radical (unpaired) electrons. The van der Waals surface area contributed by atoms with Crippen LogP contribution in [0.15, 0.2) is 0 Å². The zero-order valence-corrected chi connectivity index (χ0v) is 11.1. The van der Waals surface area contributed by atoms with Gasteiger partial charge in [-0.15, -0.1) is 0 Å². The molecule has 2 aliphatic rings. The highest BCUT2D eigenvalue weighted by atomic mass is 19.3. The number of ether oxygens (including phenoxy) is 1. The fraction of sp³-hybridized carbons (Fsp3) is 1.00. The third-order valence-electron chi connectivity index (χ3n) is 3.84. The van der Waals surface area contributed by atoms with E-state index in [0.717, 1.165) is 12.5 Å². The molecule has 2 fully saturated rings. The third-order valence-corrected chi connectivity index (χ3v) is 3.84. The molecule has 1 aliphatic carbocycles. The molecule has 0 N–H and O–H groups in total. The molecular weight excluding hydrogens is 224 g/mol. The summed E-state index contributed by atoms with van der Waals surface area (Å²) in [6.07, 6.45) is 5.55. The topological polar surface area (TPSA) is 12.5 Å². The predicted molar refractivity (Wildman–Crippen MR) is 65.5 cm³/mol. The van der Waals surface area contributed by atoms with E-state index in [-0.39, 0.29) is 0 Å². The maximum atomic E-state index is 9.62. The van der Waals surface area contributed by atoms with E-state index in [9.17, 15) is 8.78 Å². The smallest absolute Gasteiger partial charge is 0.229 e. The van der Waals surface area contributed by atoms with Gasteiger partial charge in [0.15, 0.2) is 0 Å². The highest BCUT2D eigenvalue weighted by Gasteiger charge is 2.44. The maximum Gasteiger partial charge on any atom is 0.229 e. The van der Waals surface area contributed by atoms with Crippen LogP contribution in [0.5, 0.6) is 0 Å². The Balaban J connectivity index is 0.000000437. The summed E-state index contributed by atoms with van der Waals surface area (Å²) in [5.74, 6) is 0.948. The zero-order chi connectivity index (χ0) is 12.7. The molecule has 1 heterocycles. The second-order valence-corrected chi connectivity index (χ2v) is 5.49. The quantitative estimate of drug-likeness (QED) is 0.759. The summed E-state index contributed by atoms with van der Waals surface area (Å²) >= 11 is 0. The maximum absolute atomic E-state index is 9.62. The van der Waals surface area contributed by atoms with Crippen LogP contribution >= 0.6 is 0 Å². The predicted octanol–water partition coefficient (Wildman–Crippen LogP) is 3.03. The number of nitrogens with zero attached hydrogens (tertiary/aromatic N) is 1. The minimum absolute atomic E-state index is 0.551. The number of likely N-dealkylation sites (tertiary alicyclic amines) is 1. The molecule has 1 saturated carbocycles. The molecule has 2 nitrogen and oxygen atoms in total. The number of alkyl halides is 2. The van der Waals surface area contributed by atoms with Crippen molar-refractivity contribution in [3.63, 3.8) is 0 Å². The molecule has 102 valence electrons. The van der Waals surface area contributed by atoms with Gasteiger partial charge < -0.3 is 9.64 Å². The Morgan fingerprint density at radius 1 is 1.24 bits per heavy atom. The van der Waals surface area contributed by atoms with Crippen molar-refractivity contribution in [2.75, 3.05) is 40.3 Å². The van der Waals surface area contributed by atoms with Gasteiger partial charge in [0.05, 0.1) is 6.61 Å². The first kappa shape index (κ1) is 14.8. The van der Waals surface area contributed by atoms with Crippen molar-refractivity contribution >= 4 is 0 Å². The lowest BCUT2D eigenvalue weighted by Crippen LogP contribution is -2.38. The van der Waals surface area contributed by atoms with Crippen molar-refractivity contribution in [1.29, 1.82) is 0 Å². The number of halogens is 2. The van der Waals surface area contributed by atoms with Crippen LogP contribution in [0.1, 0.15) is 32.6 Å². The largest absolute Gasteiger partial charge is 0.384 e. The first-order valence-corrected chi connectivity index (χ1v) is 6.49. The number of piperidine rings is 1. The highest BCUT2D eigenvalue weighted by molar-refractivity contribution is 4.96. The van der Waals surface area contributed by atoms with Crippen molar-refractivity contribution in [2.45, 2.75) is 32.6 Å². The van der Waals surface area contributed by atoms with E-state index >= 15 is 0 Å². The molecule has 0 aromatic heterocycles. The first-order valence-electron chi connectivity index (χ1n) is 6.49. The summed E-state index contributed by atoms with van der Waals surface area (Å²) < 4.78 is 24.6. The number of methoxy groups -OCH3 is 1. The summed E-state index contributed by atoms with van der Waals surface area (Å²) in [5, 5.41) is 0. The van der Waals surface area contributed by atoms with Crippen LogP contribution in [0.3, 0.4) is 0 Å². The van der Waals surface area contributed by atoms with E-state index in [1.54, 1.807) is 0 Å². The molecule has 0 aromatic rings. The zero-order valence-electron chi connectivity index (χ0n) is 11.1. The normalized spacial score (nSPS) is 24.0. The fourth-order valence-corrected chi connectivity index (χ4v) is 2.53. The van der Waals surface area contributed by atoms with Gasteiger partial charge in [-0.1, -0.05) is 6.92 Å². The lowest BCUT2D eigenvalue weighted by atomic mass is 9.97. The Labute approximate surface area is 103 Å². The molecule has 0 amide bonds. The Morgan fingerprint density at radius 3 is 2.18 bits per heavy atom. The summed E-state index contributed by atoms with van der Waals surface area (Å²) in [4.78, 5) is 2.64. The second-order valence-electron chi connectivity index (χ2n) is 5.49. The van der Waals surface area contributed by atoms with Crippen LogP contribution in [0, 0.1) is 11.3 Å². The van der Waals surface area contributed by atoms with Crippen molar-refractivity contribution < 1.29 is 13.5 Å². The Morgan fingerprint density at radius 2 is 1.76 bits per heavy atom. The second kappa shape index (κ2) is 7.27. The van der Waals surface area contributed by atoms with Gasteiger partial charge in [0.1, 0.15) is 0 Å². The minimum atomic E-state index is -1.75. The first-order chi connectivity index (χ1) is 8.15. The Kier molecular flexibility index (Phi) is 6.34. The highest BCUT2D eigenvalue weighted by Crippen LogP contribution is 2.46. The van der Waals surface area contributed by atoms with E-state index in [4.69, 9.17) is 4.74 Å². The number of rotatable bonds is 4. The average Bonchev–Trinajstić information content (AvgIpc) is 3.03. The van der Waals surface area contributed by atoms with Gasteiger partial charge in [0.2, 0.25) is 6.93 Å². The molecule has 2 rings (SSSR count). The van der Waals surface area contributed by atoms with Crippen molar-refractivity contribution in [2.24, 2.45) is 11.3 Å². The summed E-state index contributed by atoms with van der Waals surface area (Å²) in [7, 11) is 1.83. The SMILES string of the molecule is COCC1(CN2CCC(C)CC2)CC1.FCF. The summed E-state index contributed by atoms with van der Waals surface area (Å²) in [5.41, 5.74) is 0.551.